The van der Waals surface area contributed by atoms with Crippen LogP contribution in [0.15, 0.2) is 28.7 Å². The van der Waals surface area contributed by atoms with E-state index in [0.29, 0.717) is 5.11 Å². The maximum absolute atomic E-state index is 11.1. The molecule has 0 saturated heterocycles. The van der Waals surface area contributed by atoms with E-state index in [0.717, 1.165) is 10.2 Å². The van der Waals surface area contributed by atoms with E-state index in [1.165, 1.54) is 7.11 Å². The van der Waals surface area contributed by atoms with Crippen molar-refractivity contribution in [3.8, 4) is 0 Å². The van der Waals surface area contributed by atoms with Crippen molar-refractivity contribution in [2.45, 2.75) is 0 Å². The van der Waals surface area contributed by atoms with Gasteiger partial charge in [0.15, 0.2) is 5.11 Å². The van der Waals surface area contributed by atoms with Gasteiger partial charge in [0.2, 0.25) is 0 Å². The maximum Gasteiger partial charge on any atom is 0.264 e. The van der Waals surface area contributed by atoms with Crippen molar-refractivity contribution in [2.24, 2.45) is 0 Å². The highest BCUT2D eigenvalue weighted by Gasteiger charge is 2.01. The van der Waals surface area contributed by atoms with Gasteiger partial charge in [-0.2, -0.15) is 0 Å². The van der Waals surface area contributed by atoms with Gasteiger partial charge < -0.3 is 10.1 Å². The number of ether oxygens (including phenoxy) is 1. The van der Waals surface area contributed by atoms with Gasteiger partial charge in [0.05, 0.1) is 0 Å². The Morgan fingerprint density at radius 2 is 2.00 bits per heavy atom. The average molecular weight is 318 g/mol. The lowest BCUT2D eigenvalue weighted by atomic mass is 10.3. The van der Waals surface area contributed by atoms with Crippen LogP contribution in [0, 0.1) is 0 Å². The van der Waals surface area contributed by atoms with Crippen molar-refractivity contribution in [2.75, 3.05) is 19.0 Å². The molecule has 0 aliphatic rings. The van der Waals surface area contributed by atoms with E-state index in [9.17, 15) is 4.79 Å². The summed E-state index contributed by atoms with van der Waals surface area (Å²) in [6, 6.07) is 7.48. The van der Waals surface area contributed by atoms with Crippen LogP contribution in [0.1, 0.15) is 0 Å². The van der Waals surface area contributed by atoms with Crippen LogP contribution in [-0.4, -0.2) is 24.7 Å². The van der Waals surface area contributed by atoms with Crippen LogP contribution in [0.25, 0.3) is 0 Å². The topological polar surface area (TPSA) is 62.4 Å². The van der Waals surface area contributed by atoms with E-state index in [1.54, 1.807) is 0 Å². The van der Waals surface area contributed by atoms with Crippen molar-refractivity contribution >= 4 is 44.9 Å². The molecule has 1 aromatic rings. The molecule has 0 bridgehead atoms. The Balaban J connectivity index is 2.34. The van der Waals surface area contributed by atoms with Crippen molar-refractivity contribution in [1.82, 2.24) is 10.9 Å². The van der Waals surface area contributed by atoms with Crippen molar-refractivity contribution in [3.05, 3.63) is 28.7 Å². The lowest BCUT2D eigenvalue weighted by Crippen LogP contribution is -2.45. The molecule has 0 spiro atoms. The normalized spacial score (nSPS) is 9.53. The van der Waals surface area contributed by atoms with Gasteiger partial charge in [-0.1, -0.05) is 15.9 Å². The fourth-order valence-electron chi connectivity index (χ4n) is 0.989. The molecule has 0 saturated carbocycles. The maximum atomic E-state index is 11.1. The Morgan fingerprint density at radius 1 is 1.35 bits per heavy atom. The quantitative estimate of drug-likeness (QED) is 0.581. The van der Waals surface area contributed by atoms with Crippen LogP contribution in [-0.2, 0) is 9.53 Å². The molecule has 1 amide bonds. The molecule has 17 heavy (non-hydrogen) atoms. The minimum Gasteiger partial charge on any atom is -0.375 e. The molecule has 5 nitrogen and oxygen atoms in total. The molecule has 1 aromatic carbocycles. The third-order valence-corrected chi connectivity index (χ3v) is 2.43. The van der Waals surface area contributed by atoms with Gasteiger partial charge in [-0.3, -0.25) is 15.6 Å². The van der Waals surface area contributed by atoms with Crippen LogP contribution in [0.3, 0.4) is 0 Å². The molecule has 7 heteroatoms. The first-order chi connectivity index (χ1) is 8.11. The van der Waals surface area contributed by atoms with Crippen LogP contribution in [0.4, 0.5) is 5.69 Å². The smallest absolute Gasteiger partial charge is 0.264 e. The lowest BCUT2D eigenvalue weighted by molar-refractivity contribution is -0.125. The highest BCUT2D eigenvalue weighted by atomic mass is 79.9. The molecule has 0 radical (unpaired) electrons. The molecular weight excluding hydrogens is 306 g/mol. The summed E-state index contributed by atoms with van der Waals surface area (Å²) in [5.74, 6) is -0.299. The summed E-state index contributed by atoms with van der Waals surface area (Å²) in [6.45, 7) is -0.0199. The zero-order valence-electron chi connectivity index (χ0n) is 9.12. The Hall–Kier alpha value is -1.18. The number of rotatable bonds is 3. The molecule has 0 unspecified atom stereocenters. The van der Waals surface area contributed by atoms with E-state index in [1.807, 2.05) is 24.3 Å². The largest absolute Gasteiger partial charge is 0.375 e. The number of thiocarbonyl (C=S) groups is 1. The Bertz CT molecular complexity index is 397. The summed E-state index contributed by atoms with van der Waals surface area (Å²) < 4.78 is 5.63. The first kappa shape index (κ1) is 13.9. The molecule has 1 rings (SSSR count). The highest BCUT2D eigenvalue weighted by Crippen LogP contribution is 2.13. The first-order valence-electron chi connectivity index (χ1n) is 4.72. The second-order valence-corrected chi connectivity index (χ2v) is 4.39. The van der Waals surface area contributed by atoms with Crippen LogP contribution in [0.2, 0.25) is 0 Å². The highest BCUT2D eigenvalue weighted by molar-refractivity contribution is 9.10. The Labute approximate surface area is 113 Å². The summed E-state index contributed by atoms with van der Waals surface area (Å²) in [6.07, 6.45) is 0. The molecule has 0 aliphatic heterocycles. The number of hydrogen-bond acceptors (Lipinski definition) is 3. The summed E-state index contributed by atoms with van der Waals surface area (Å²) in [7, 11) is 1.44. The first-order valence-corrected chi connectivity index (χ1v) is 5.92. The number of carbonyl (C=O) groups is 1. The number of hydrazine groups is 1. The Kier molecular flexibility index (Phi) is 5.88. The summed E-state index contributed by atoms with van der Waals surface area (Å²) in [5.41, 5.74) is 5.77. The second-order valence-electron chi connectivity index (χ2n) is 3.07. The number of nitrogens with one attached hydrogen (secondary N) is 3. The van der Waals surface area contributed by atoms with E-state index in [4.69, 9.17) is 12.2 Å². The van der Waals surface area contributed by atoms with E-state index < -0.39 is 0 Å². The van der Waals surface area contributed by atoms with Crippen molar-refractivity contribution < 1.29 is 9.53 Å². The third kappa shape index (κ3) is 5.62. The van der Waals surface area contributed by atoms with E-state index in [-0.39, 0.29) is 12.5 Å². The van der Waals surface area contributed by atoms with Gasteiger partial charge in [-0.05, 0) is 36.5 Å². The molecule has 3 N–H and O–H groups in total. The number of amides is 1. The van der Waals surface area contributed by atoms with Crippen molar-refractivity contribution in [3.63, 3.8) is 0 Å². The van der Waals surface area contributed by atoms with Gasteiger partial charge in [0.1, 0.15) is 6.61 Å². The molecule has 0 fully saturated rings. The van der Waals surface area contributed by atoms with E-state index in [2.05, 4.69) is 36.8 Å². The summed E-state index contributed by atoms with van der Waals surface area (Å²) in [5, 5.41) is 3.21. The monoisotopic (exact) mass is 317 g/mol. The Morgan fingerprint density at radius 3 is 2.59 bits per heavy atom. The number of hydrogen-bond donors (Lipinski definition) is 3. The number of benzene rings is 1. The average Bonchev–Trinajstić information content (AvgIpc) is 2.30. The van der Waals surface area contributed by atoms with Gasteiger partial charge in [0.25, 0.3) is 5.91 Å². The standard InChI is InChI=1S/C10H12BrN3O2S/c1-16-6-9(15)13-14-10(17)12-8-4-2-7(11)3-5-8/h2-5H,6H2,1H3,(H,13,15)(H2,12,14,17). The molecule has 0 atom stereocenters. The number of methoxy groups -OCH3 is 1. The minimum absolute atomic E-state index is 0.0199. The predicted octanol–water partition coefficient (Wildman–Crippen LogP) is 1.41. The summed E-state index contributed by atoms with van der Waals surface area (Å²) in [4.78, 5) is 11.1. The van der Waals surface area contributed by atoms with Gasteiger partial charge >= 0.3 is 0 Å². The third-order valence-electron chi connectivity index (χ3n) is 1.69. The van der Waals surface area contributed by atoms with Crippen LogP contribution in [0.5, 0.6) is 0 Å². The number of carbonyl (C=O) groups excluding carboxylic acids is 1. The zero-order valence-corrected chi connectivity index (χ0v) is 11.5. The molecular formula is C10H12BrN3O2S. The molecule has 0 aliphatic carbocycles. The number of anilines is 1. The fourth-order valence-corrected chi connectivity index (χ4v) is 1.42. The lowest BCUT2D eigenvalue weighted by Gasteiger charge is -2.11. The second kappa shape index (κ2) is 7.21. The van der Waals surface area contributed by atoms with Gasteiger partial charge in [-0.25, -0.2) is 0 Å². The van der Waals surface area contributed by atoms with Crippen LogP contribution >= 0.6 is 28.1 Å². The van der Waals surface area contributed by atoms with Gasteiger partial charge in [0, 0.05) is 17.3 Å². The zero-order chi connectivity index (χ0) is 12.7. The van der Waals surface area contributed by atoms with Crippen molar-refractivity contribution in [1.29, 1.82) is 0 Å². The van der Waals surface area contributed by atoms with Gasteiger partial charge in [-0.15, -0.1) is 0 Å². The molecule has 0 heterocycles. The molecule has 92 valence electrons. The number of halogens is 1. The minimum atomic E-state index is -0.299. The van der Waals surface area contributed by atoms with E-state index >= 15 is 0 Å². The van der Waals surface area contributed by atoms with Crippen LogP contribution < -0.4 is 16.2 Å². The SMILES string of the molecule is COCC(=O)NNC(=S)Nc1ccc(Br)cc1. The predicted molar refractivity (Wildman–Crippen MR) is 73.5 cm³/mol. The summed E-state index contributed by atoms with van der Waals surface area (Å²) >= 11 is 8.31. The fraction of sp³-hybridized carbons (Fsp3) is 0.200. The molecule has 0 aromatic heterocycles.